The SMILES string of the molecule is O=C(Nc1cnccc1N1CCNCC1)c1nc(-c2cc3ccccc3s2)cs1. The van der Waals surface area contributed by atoms with Crippen LogP contribution in [0.2, 0.25) is 0 Å². The highest BCUT2D eigenvalue weighted by Gasteiger charge is 2.18. The number of thiophene rings is 1. The lowest BCUT2D eigenvalue weighted by Gasteiger charge is -2.30. The Morgan fingerprint density at radius 2 is 2.03 bits per heavy atom. The Hall–Kier alpha value is -2.81. The van der Waals surface area contributed by atoms with E-state index in [1.165, 1.54) is 21.4 Å². The fraction of sp³-hybridized carbons (Fsp3) is 0.190. The van der Waals surface area contributed by atoms with Crippen LogP contribution in [0.15, 0.2) is 54.2 Å². The number of piperazine rings is 1. The van der Waals surface area contributed by atoms with Crippen molar-refractivity contribution in [2.24, 2.45) is 0 Å². The summed E-state index contributed by atoms with van der Waals surface area (Å²) in [6.45, 7) is 3.67. The Balaban J connectivity index is 1.37. The summed E-state index contributed by atoms with van der Waals surface area (Å²) >= 11 is 3.05. The highest BCUT2D eigenvalue weighted by atomic mass is 32.1. The van der Waals surface area contributed by atoms with Gasteiger partial charge in [-0.2, -0.15) is 0 Å². The predicted octanol–water partition coefficient (Wildman–Crippen LogP) is 4.08. The average molecular weight is 422 g/mol. The van der Waals surface area contributed by atoms with E-state index in [0.717, 1.165) is 48.1 Å². The van der Waals surface area contributed by atoms with Gasteiger partial charge in [-0.3, -0.25) is 9.78 Å². The summed E-state index contributed by atoms with van der Waals surface area (Å²) < 4.78 is 1.22. The lowest BCUT2D eigenvalue weighted by molar-refractivity contribution is 0.102. The van der Waals surface area contributed by atoms with Crippen LogP contribution in [0.4, 0.5) is 11.4 Å². The van der Waals surface area contributed by atoms with Crippen molar-refractivity contribution in [3.05, 3.63) is 59.2 Å². The highest BCUT2D eigenvalue weighted by Crippen LogP contribution is 2.34. The van der Waals surface area contributed by atoms with Crippen molar-refractivity contribution < 1.29 is 4.79 Å². The molecule has 0 radical (unpaired) electrons. The molecule has 5 rings (SSSR count). The largest absolute Gasteiger partial charge is 0.367 e. The molecule has 8 heteroatoms. The van der Waals surface area contributed by atoms with Crippen LogP contribution in [-0.2, 0) is 0 Å². The Kier molecular flexibility index (Phi) is 4.97. The van der Waals surface area contributed by atoms with Crippen LogP contribution in [0.5, 0.6) is 0 Å². The van der Waals surface area contributed by atoms with Crippen molar-refractivity contribution in [2.45, 2.75) is 0 Å². The van der Waals surface area contributed by atoms with Crippen LogP contribution in [0, 0.1) is 0 Å². The topological polar surface area (TPSA) is 70.2 Å². The van der Waals surface area contributed by atoms with Crippen molar-refractivity contribution in [1.82, 2.24) is 15.3 Å². The lowest BCUT2D eigenvalue weighted by atomic mass is 10.2. The molecule has 4 aromatic rings. The number of aromatic nitrogens is 2. The molecule has 1 aliphatic heterocycles. The third-order valence-electron chi connectivity index (χ3n) is 4.88. The van der Waals surface area contributed by atoms with Crippen molar-refractivity contribution >= 4 is 50.0 Å². The van der Waals surface area contributed by atoms with Gasteiger partial charge in [0.1, 0.15) is 0 Å². The van der Waals surface area contributed by atoms with Crippen LogP contribution >= 0.6 is 22.7 Å². The summed E-state index contributed by atoms with van der Waals surface area (Å²) in [6, 6.07) is 12.3. The molecule has 2 N–H and O–H groups in total. The van der Waals surface area contributed by atoms with Gasteiger partial charge in [0, 0.05) is 42.5 Å². The number of nitrogens with one attached hydrogen (secondary N) is 2. The number of benzene rings is 1. The minimum Gasteiger partial charge on any atom is -0.367 e. The summed E-state index contributed by atoms with van der Waals surface area (Å²) in [5.74, 6) is -0.202. The van der Waals surface area contributed by atoms with E-state index < -0.39 is 0 Å². The molecule has 0 aliphatic carbocycles. The first-order valence-corrected chi connectivity index (χ1v) is 11.1. The zero-order valence-electron chi connectivity index (χ0n) is 15.6. The molecule has 0 saturated carbocycles. The fourth-order valence-electron chi connectivity index (χ4n) is 3.44. The van der Waals surface area contributed by atoms with Crippen LogP contribution in [0.1, 0.15) is 9.80 Å². The van der Waals surface area contributed by atoms with Gasteiger partial charge in [0.2, 0.25) is 0 Å². The number of amides is 1. The average Bonchev–Trinajstić information content (AvgIpc) is 3.42. The highest BCUT2D eigenvalue weighted by molar-refractivity contribution is 7.22. The van der Waals surface area contributed by atoms with E-state index in [1.807, 2.05) is 23.6 Å². The number of carbonyl (C=O) groups is 1. The quantitative estimate of drug-likeness (QED) is 0.520. The van der Waals surface area contributed by atoms with Gasteiger partial charge in [0.05, 0.1) is 28.1 Å². The maximum absolute atomic E-state index is 12.8. The van der Waals surface area contributed by atoms with Crippen molar-refractivity contribution in [1.29, 1.82) is 0 Å². The molecule has 1 aliphatic rings. The number of carbonyl (C=O) groups excluding carboxylic acids is 1. The van der Waals surface area contributed by atoms with Gasteiger partial charge in [-0.15, -0.1) is 22.7 Å². The second-order valence-corrected chi connectivity index (χ2v) is 8.71. The third-order valence-corrected chi connectivity index (χ3v) is 6.86. The number of pyridine rings is 1. The molecule has 1 aromatic carbocycles. The summed E-state index contributed by atoms with van der Waals surface area (Å²) in [4.78, 5) is 25.0. The smallest absolute Gasteiger partial charge is 0.284 e. The molecule has 0 atom stereocenters. The van der Waals surface area contributed by atoms with Gasteiger partial charge < -0.3 is 15.5 Å². The molecule has 146 valence electrons. The second kappa shape index (κ2) is 7.90. The van der Waals surface area contributed by atoms with Gasteiger partial charge in [-0.05, 0) is 23.6 Å². The van der Waals surface area contributed by atoms with Crippen LogP contribution in [0.25, 0.3) is 20.7 Å². The number of rotatable bonds is 4. The third kappa shape index (κ3) is 3.74. The Bertz CT molecular complexity index is 1130. The number of anilines is 2. The van der Waals surface area contributed by atoms with Gasteiger partial charge in [0.25, 0.3) is 5.91 Å². The van der Waals surface area contributed by atoms with E-state index in [1.54, 1.807) is 23.7 Å². The minimum absolute atomic E-state index is 0.202. The van der Waals surface area contributed by atoms with E-state index in [2.05, 4.69) is 43.7 Å². The molecule has 6 nitrogen and oxygen atoms in total. The van der Waals surface area contributed by atoms with Gasteiger partial charge in [0.15, 0.2) is 5.01 Å². The van der Waals surface area contributed by atoms with Crippen LogP contribution in [-0.4, -0.2) is 42.1 Å². The number of nitrogens with zero attached hydrogens (tertiary/aromatic N) is 3. The minimum atomic E-state index is -0.202. The molecular weight excluding hydrogens is 402 g/mol. The van der Waals surface area contributed by atoms with Gasteiger partial charge in [-0.1, -0.05) is 18.2 Å². The molecule has 3 aromatic heterocycles. The van der Waals surface area contributed by atoms with Crippen LogP contribution in [0.3, 0.4) is 0 Å². The van der Waals surface area contributed by atoms with Gasteiger partial charge >= 0.3 is 0 Å². The number of thiazole rings is 1. The zero-order chi connectivity index (χ0) is 19.6. The lowest BCUT2D eigenvalue weighted by Crippen LogP contribution is -2.43. The molecular formula is C21H19N5OS2. The zero-order valence-corrected chi connectivity index (χ0v) is 17.2. The molecule has 0 spiro atoms. The number of hydrogen-bond acceptors (Lipinski definition) is 7. The first-order chi connectivity index (χ1) is 14.3. The number of hydrogen-bond donors (Lipinski definition) is 2. The monoisotopic (exact) mass is 421 g/mol. The Morgan fingerprint density at radius 3 is 2.90 bits per heavy atom. The molecule has 0 bridgehead atoms. The number of fused-ring (bicyclic) bond motifs is 1. The summed E-state index contributed by atoms with van der Waals surface area (Å²) in [6.07, 6.45) is 3.46. The summed E-state index contributed by atoms with van der Waals surface area (Å²) in [7, 11) is 0. The first-order valence-electron chi connectivity index (χ1n) is 9.43. The second-order valence-electron chi connectivity index (χ2n) is 6.77. The predicted molar refractivity (Wildman–Crippen MR) is 120 cm³/mol. The molecule has 1 amide bonds. The maximum atomic E-state index is 12.8. The molecule has 1 fully saturated rings. The van der Waals surface area contributed by atoms with E-state index >= 15 is 0 Å². The van der Waals surface area contributed by atoms with Crippen molar-refractivity contribution in [3.8, 4) is 10.6 Å². The van der Waals surface area contributed by atoms with E-state index in [9.17, 15) is 4.79 Å². The molecule has 29 heavy (non-hydrogen) atoms. The molecule has 4 heterocycles. The molecule has 1 saturated heterocycles. The van der Waals surface area contributed by atoms with E-state index in [0.29, 0.717) is 5.01 Å². The fourth-order valence-corrected chi connectivity index (χ4v) is 5.25. The Morgan fingerprint density at radius 1 is 1.17 bits per heavy atom. The van der Waals surface area contributed by atoms with E-state index in [4.69, 9.17) is 0 Å². The normalized spacial score (nSPS) is 14.3. The van der Waals surface area contributed by atoms with E-state index in [-0.39, 0.29) is 5.91 Å². The Labute approximate surface area is 176 Å². The molecule has 0 unspecified atom stereocenters. The maximum Gasteiger partial charge on any atom is 0.284 e. The van der Waals surface area contributed by atoms with Gasteiger partial charge in [-0.25, -0.2) is 4.98 Å². The van der Waals surface area contributed by atoms with Crippen LogP contribution < -0.4 is 15.5 Å². The standard InChI is InChI=1S/C21H19N5OS2/c27-20(24-15-12-23-6-5-17(15)26-9-7-22-8-10-26)21-25-16(13-28-21)19-11-14-3-1-2-4-18(14)29-19/h1-6,11-13,22H,7-10H2,(H,24,27). The van der Waals surface area contributed by atoms with Crippen molar-refractivity contribution in [2.75, 3.05) is 36.4 Å². The summed E-state index contributed by atoms with van der Waals surface area (Å²) in [5, 5.41) is 9.94. The van der Waals surface area contributed by atoms with Crippen molar-refractivity contribution in [3.63, 3.8) is 0 Å². The first kappa shape index (κ1) is 18.2. The summed E-state index contributed by atoms with van der Waals surface area (Å²) in [5.41, 5.74) is 2.56.